The summed E-state index contributed by atoms with van der Waals surface area (Å²) < 4.78 is 33.2. The molecule has 0 amide bonds. The molecule has 0 bridgehead atoms. The molecule has 1 aliphatic heterocycles. The molecule has 1 saturated heterocycles. The van der Waals surface area contributed by atoms with Gasteiger partial charge in [0.15, 0.2) is 0 Å². The highest BCUT2D eigenvalue weighted by Gasteiger charge is 2.24. The van der Waals surface area contributed by atoms with E-state index in [1.807, 2.05) is 11.8 Å². The maximum Gasteiger partial charge on any atom is 0.241 e. The third-order valence-electron chi connectivity index (χ3n) is 3.51. The van der Waals surface area contributed by atoms with Gasteiger partial charge in [-0.05, 0) is 61.1 Å². The number of thioether (sulfide) groups is 1. The van der Waals surface area contributed by atoms with E-state index in [2.05, 4.69) is 4.72 Å². The topological polar surface area (TPSA) is 81.4 Å². The van der Waals surface area contributed by atoms with E-state index in [9.17, 15) is 8.42 Å². The molecule has 21 heavy (non-hydrogen) atoms. The summed E-state index contributed by atoms with van der Waals surface area (Å²) in [6, 6.07) is 5.05. The van der Waals surface area contributed by atoms with Crippen molar-refractivity contribution in [2.45, 2.75) is 30.2 Å². The van der Waals surface area contributed by atoms with Gasteiger partial charge in [0, 0.05) is 6.04 Å². The normalized spacial score (nSPS) is 16.9. The van der Waals surface area contributed by atoms with Crippen LogP contribution in [0.4, 0.5) is 0 Å². The molecule has 1 heterocycles. The molecule has 118 valence electrons. The highest BCUT2D eigenvalue weighted by Crippen LogP contribution is 2.24. The number of rotatable bonds is 6. The monoisotopic (exact) mass is 330 g/mol. The van der Waals surface area contributed by atoms with Crippen LogP contribution in [-0.2, 0) is 16.4 Å². The predicted molar refractivity (Wildman–Crippen MR) is 86.4 cm³/mol. The molecule has 3 N–H and O–H groups in total. The smallest absolute Gasteiger partial charge is 0.241 e. The van der Waals surface area contributed by atoms with E-state index in [1.54, 1.807) is 25.3 Å². The summed E-state index contributed by atoms with van der Waals surface area (Å²) in [5.74, 6) is 2.66. The Morgan fingerprint density at radius 3 is 2.71 bits per heavy atom. The lowest BCUT2D eigenvalue weighted by Crippen LogP contribution is -2.37. The molecule has 0 spiro atoms. The van der Waals surface area contributed by atoms with Gasteiger partial charge < -0.3 is 10.5 Å². The van der Waals surface area contributed by atoms with Crippen LogP contribution in [0.1, 0.15) is 18.4 Å². The van der Waals surface area contributed by atoms with Crippen LogP contribution < -0.4 is 15.2 Å². The lowest BCUT2D eigenvalue weighted by molar-refractivity contribution is 0.413. The fourth-order valence-electron chi connectivity index (χ4n) is 2.39. The van der Waals surface area contributed by atoms with Gasteiger partial charge in [0.1, 0.15) is 5.75 Å². The van der Waals surface area contributed by atoms with Gasteiger partial charge in [-0.25, -0.2) is 13.1 Å². The number of ether oxygens (including phenoxy) is 1. The van der Waals surface area contributed by atoms with Crippen LogP contribution in [0, 0.1) is 0 Å². The molecule has 0 saturated carbocycles. The van der Waals surface area contributed by atoms with Gasteiger partial charge in [0.05, 0.1) is 12.0 Å². The number of sulfonamides is 1. The van der Waals surface area contributed by atoms with Crippen LogP contribution in [0.5, 0.6) is 5.75 Å². The molecular weight excluding hydrogens is 308 g/mol. The van der Waals surface area contributed by atoms with Crippen molar-refractivity contribution in [1.82, 2.24) is 4.72 Å². The first-order chi connectivity index (χ1) is 10.1. The van der Waals surface area contributed by atoms with Gasteiger partial charge in [0.2, 0.25) is 10.0 Å². The van der Waals surface area contributed by atoms with Crippen LogP contribution in [-0.4, -0.2) is 39.6 Å². The van der Waals surface area contributed by atoms with Crippen LogP contribution in [0.2, 0.25) is 0 Å². The van der Waals surface area contributed by atoms with E-state index in [4.69, 9.17) is 10.5 Å². The molecular formula is C14H22N2O3S2. The van der Waals surface area contributed by atoms with Gasteiger partial charge in [0.25, 0.3) is 0 Å². The Hall–Kier alpha value is -0.760. The van der Waals surface area contributed by atoms with Gasteiger partial charge in [-0.1, -0.05) is 0 Å². The molecule has 0 atom stereocenters. The quantitative estimate of drug-likeness (QED) is 0.823. The second-order valence-corrected chi connectivity index (χ2v) is 7.93. The van der Waals surface area contributed by atoms with Gasteiger partial charge in [-0.2, -0.15) is 11.8 Å². The standard InChI is InChI=1S/C14H22N2O3S2/c1-19-13-2-3-14(11(10-13)4-7-15)21(17,18)16-12-5-8-20-9-6-12/h2-3,10,12,16H,4-9,15H2,1H3. The van der Waals surface area contributed by atoms with Crippen LogP contribution in [0.25, 0.3) is 0 Å². The summed E-state index contributed by atoms with van der Waals surface area (Å²) in [6.07, 6.45) is 2.27. The number of benzene rings is 1. The zero-order chi connectivity index (χ0) is 15.3. The molecule has 7 heteroatoms. The van der Waals surface area contributed by atoms with Crippen LogP contribution >= 0.6 is 11.8 Å². The minimum absolute atomic E-state index is 0.0316. The SMILES string of the molecule is COc1ccc(S(=O)(=O)NC2CCSCC2)c(CCN)c1. The minimum Gasteiger partial charge on any atom is -0.497 e. The number of nitrogens with one attached hydrogen (secondary N) is 1. The number of hydrogen-bond donors (Lipinski definition) is 2. The molecule has 2 rings (SSSR count). The Morgan fingerprint density at radius 1 is 1.38 bits per heavy atom. The highest BCUT2D eigenvalue weighted by molar-refractivity contribution is 7.99. The Balaban J connectivity index is 2.25. The summed E-state index contributed by atoms with van der Waals surface area (Å²) >= 11 is 1.87. The van der Waals surface area contributed by atoms with E-state index in [-0.39, 0.29) is 6.04 Å². The lowest BCUT2D eigenvalue weighted by Gasteiger charge is -2.23. The third kappa shape index (κ3) is 4.35. The Bertz CT molecular complexity index is 570. The van der Waals surface area contributed by atoms with Crippen molar-refractivity contribution < 1.29 is 13.2 Å². The van der Waals surface area contributed by atoms with E-state index in [0.717, 1.165) is 24.3 Å². The third-order valence-corrected chi connectivity index (χ3v) is 6.18. The second-order valence-electron chi connectivity index (χ2n) is 5.02. The first-order valence-electron chi connectivity index (χ1n) is 7.04. The summed E-state index contributed by atoms with van der Waals surface area (Å²) in [5.41, 5.74) is 6.29. The van der Waals surface area contributed by atoms with E-state index in [0.29, 0.717) is 29.2 Å². The molecule has 0 aromatic heterocycles. The maximum absolute atomic E-state index is 12.6. The summed E-state index contributed by atoms with van der Waals surface area (Å²) in [5, 5.41) is 0. The molecule has 0 radical (unpaired) electrons. The molecule has 1 aromatic rings. The predicted octanol–water partition coefficient (Wildman–Crippen LogP) is 1.37. The van der Waals surface area contributed by atoms with Gasteiger partial charge >= 0.3 is 0 Å². The fraction of sp³-hybridized carbons (Fsp3) is 0.571. The first-order valence-corrected chi connectivity index (χ1v) is 9.67. The largest absolute Gasteiger partial charge is 0.497 e. The Labute approximate surface area is 130 Å². The minimum atomic E-state index is -3.51. The van der Waals surface area contributed by atoms with E-state index in [1.165, 1.54) is 0 Å². The maximum atomic E-state index is 12.6. The van der Waals surface area contributed by atoms with Gasteiger partial charge in [-0.3, -0.25) is 0 Å². The van der Waals surface area contributed by atoms with Gasteiger partial charge in [-0.15, -0.1) is 0 Å². The lowest BCUT2D eigenvalue weighted by atomic mass is 10.1. The van der Waals surface area contributed by atoms with E-state index >= 15 is 0 Å². The van der Waals surface area contributed by atoms with Crippen molar-refractivity contribution in [1.29, 1.82) is 0 Å². The van der Waals surface area contributed by atoms with Crippen molar-refractivity contribution in [2.24, 2.45) is 5.73 Å². The van der Waals surface area contributed by atoms with Crippen molar-refractivity contribution in [3.63, 3.8) is 0 Å². The highest BCUT2D eigenvalue weighted by atomic mass is 32.2. The van der Waals surface area contributed by atoms with Crippen molar-refractivity contribution in [3.05, 3.63) is 23.8 Å². The van der Waals surface area contributed by atoms with Crippen molar-refractivity contribution in [2.75, 3.05) is 25.2 Å². The molecule has 5 nitrogen and oxygen atoms in total. The summed E-state index contributed by atoms with van der Waals surface area (Å²) in [6.45, 7) is 0.399. The summed E-state index contributed by atoms with van der Waals surface area (Å²) in [4.78, 5) is 0.312. The number of hydrogen-bond acceptors (Lipinski definition) is 5. The van der Waals surface area contributed by atoms with Crippen LogP contribution in [0.15, 0.2) is 23.1 Å². The Morgan fingerprint density at radius 2 is 2.10 bits per heavy atom. The first kappa shape index (κ1) is 16.6. The zero-order valence-electron chi connectivity index (χ0n) is 12.2. The fourth-order valence-corrected chi connectivity index (χ4v) is 5.06. The van der Waals surface area contributed by atoms with E-state index < -0.39 is 10.0 Å². The average molecular weight is 330 g/mol. The number of methoxy groups -OCH3 is 1. The van der Waals surface area contributed by atoms with Crippen molar-refractivity contribution in [3.8, 4) is 5.75 Å². The number of nitrogens with two attached hydrogens (primary N) is 1. The summed E-state index contributed by atoms with van der Waals surface area (Å²) in [7, 11) is -1.94. The van der Waals surface area contributed by atoms with Crippen LogP contribution in [0.3, 0.4) is 0 Å². The molecule has 1 fully saturated rings. The zero-order valence-corrected chi connectivity index (χ0v) is 13.8. The van der Waals surface area contributed by atoms with Crippen molar-refractivity contribution >= 4 is 21.8 Å². The average Bonchev–Trinajstić information content (AvgIpc) is 2.48. The second kappa shape index (κ2) is 7.49. The molecule has 1 aromatic carbocycles. The molecule has 0 unspecified atom stereocenters. The molecule has 0 aliphatic carbocycles. The Kier molecular flexibility index (Phi) is 5.92. The molecule has 1 aliphatic rings.